The van der Waals surface area contributed by atoms with Crippen molar-refractivity contribution in [2.75, 3.05) is 33.0 Å². The lowest BCUT2D eigenvalue weighted by molar-refractivity contribution is -0.379. The van der Waals surface area contributed by atoms with Gasteiger partial charge in [-0.2, -0.15) is 0 Å². The number of nitrogens with one attached hydrogen (secondary N) is 2. The fraction of sp³-hybridized carbons (Fsp3) is 0.919. The Bertz CT molecular complexity index is 2520. The third-order valence-corrected chi connectivity index (χ3v) is 21.8. The highest BCUT2D eigenvalue weighted by Crippen LogP contribution is 2.68. The molecule has 5 aliphatic heterocycles. The van der Waals surface area contributed by atoms with E-state index in [1.165, 1.54) is 11.1 Å². The maximum Gasteiger partial charge on any atom is 0.217 e. The number of hydrogen-bond acceptors (Lipinski definition) is 27. The van der Waals surface area contributed by atoms with Gasteiger partial charge in [0.1, 0.15) is 122 Å². The summed E-state index contributed by atoms with van der Waals surface area (Å²) < 4.78 is 61.8. The quantitative estimate of drug-likeness (QED) is 0.0496. The molecule has 522 valence electrons. The Morgan fingerprint density at radius 1 is 0.593 bits per heavy atom. The second-order valence-corrected chi connectivity index (χ2v) is 28.9. The van der Waals surface area contributed by atoms with Gasteiger partial charge in [-0.25, -0.2) is 0 Å². The minimum Gasteiger partial charge on any atom is -0.394 e. The molecule has 9 rings (SSSR count). The minimum absolute atomic E-state index is 0.0136. The second-order valence-electron chi connectivity index (χ2n) is 28.9. The van der Waals surface area contributed by atoms with E-state index in [1.54, 1.807) is 13.8 Å². The summed E-state index contributed by atoms with van der Waals surface area (Å²) in [6.07, 6.45) is -31.6. The lowest BCUT2D eigenvalue weighted by atomic mass is 9.45. The summed E-state index contributed by atoms with van der Waals surface area (Å²) in [5, 5.41) is 158. The topological polar surface area (TPSA) is 451 Å². The van der Waals surface area contributed by atoms with Crippen LogP contribution in [0.5, 0.6) is 0 Å². The first-order valence-electron chi connectivity index (χ1n) is 32.3. The van der Waals surface area contributed by atoms with Gasteiger partial charge in [0.25, 0.3) is 0 Å². The normalized spacial score (nSPS) is 47.2. The number of carbonyl (C=O) groups is 3. The van der Waals surface area contributed by atoms with Crippen molar-refractivity contribution >= 4 is 17.6 Å². The molecule has 31 atom stereocenters. The van der Waals surface area contributed by atoms with Crippen LogP contribution in [0, 0.1) is 39.9 Å². The second kappa shape index (κ2) is 28.8. The van der Waals surface area contributed by atoms with Crippen LogP contribution in [-0.4, -0.2) is 281 Å². The van der Waals surface area contributed by atoms with Crippen molar-refractivity contribution in [3.8, 4) is 0 Å². The molecule has 2 amide bonds. The molecule has 0 aromatic rings. The van der Waals surface area contributed by atoms with Gasteiger partial charge < -0.3 is 129 Å². The van der Waals surface area contributed by atoms with Gasteiger partial charge >= 0.3 is 0 Å². The van der Waals surface area contributed by atoms with Crippen LogP contribution in [0.15, 0.2) is 11.1 Å². The number of aliphatic hydroxyl groups excluding tert-OH is 13. The summed E-state index contributed by atoms with van der Waals surface area (Å²) >= 11 is 0. The fourth-order valence-corrected chi connectivity index (χ4v) is 17.2. The number of hydrogen-bond donors (Lipinski definition) is 16. The molecule has 5 saturated heterocycles. The van der Waals surface area contributed by atoms with Gasteiger partial charge in [-0.05, 0) is 105 Å². The highest BCUT2D eigenvalue weighted by Gasteiger charge is 2.62. The molecule has 2 saturated carbocycles. The molecule has 0 aromatic carbocycles. The van der Waals surface area contributed by atoms with E-state index in [0.29, 0.717) is 24.7 Å². The van der Waals surface area contributed by atoms with Crippen LogP contribution in [-0.2, 0) is 61.8 Å². The number of allylic oxidation sites excluding steroid dienone is 2. The van der Waals surface area contributed by atoms with Crippen molar-refractivity contribution in [3.63, 3.8) is 0 Å². The molecule has 15 unspecified atom stereocenters. The SMILES string of the molecule is CC(=O)NC1C(O)[C@H](O)C(CO[C@@H]2OC(CO)[C@@H](O)C(O)C2O[C@@H]2OC(CO)[C@@H](O)C(O)C2O)O[C@H]1OC1C(O)[C@H](O[C@@H]2OC(CO)[C@H](O)C(O)C2NC(C)=O)CO[C@H]1O[C@H]1CC[C@]2(C)C3=C(CC[C@H]2C1(C)C)[C@@H]1CC[C@H](C(C)CC(=O)CC(C)(C)O)[C@@]1(C)CC3. The Balaban J connectivity index is 0.980. The third kappa shape index (κ3) is 14.7. The lowest BCUT2D eigenvalue weighted by Crippen LogP contribution is -2.68. The van der Waals surface area contributed by atoms with Crippen molar-refractivity contribution in [3.05, 3.63) is 11.1 Å². The number of amides is 2. The molecule has 0 aromatic heterocycles. The van der Waals surface area contributed by atoms with E-state index in [9.17, 15) is 85.9 Å². The number of carbonyl (C=O) groups excluding carboxylic acids is 3. The van der Waals surface area contributed by atoms with Crippen molar-refractivity contribution in [1.82, 2.24) is 10.6 Å². The van der Waals surface area contributed by atoms with E-state index in [4.69, 9.17) is 47.4 Å². The zero-order valence-electron chi connectivity index (χ0n) is 53.4. The standard InChI is InChI=1S/C62H102N2O27/c1-25(18-28(70)19-59(4,5)81)30-11-12-31-29-10-13-38-60(6,7)39(15-17-62(38,9)32(29)14-16-61(30,31)8)89-58-52(46(75)37(24-83-58)88-54-40(63-26(2)68)47(76)42(71)33(20-65)84-54)90-55-41(64-27(3)69)48(77)45(74)36(87-55)23-82-57-53(50(79)44(73)35(22-67)86-57)91-56-51(80)49(78)43(72)34(21-66)85-56/h25,30-31,33-58,65-67,71-81H,10-24H2,1-9H3,(H,63,68)(H,64,69)/t25?,30-,31+,33?,34?,35?,36?,37-,38+,39+,40?,41?,42+,43-,44-,45-,46?,47?,48?,49?,50?,51?,52?,53?,54+,55+,56+,57-,58+,61-,62-/m1/s1. The van der Waals surface area contributed by atoms with E-state index >= 15 is 0 Å². The van der Waals surface area contributed by atoms with Crippen LogP contribution in [0.2, 0.25) is 0 Å². The Labute approximate surface area is 529 Å². The van der Waals surface area contributed by atoms with Crippen LogP contribution < -0.4 is 10.6 Å². The zero-order chi connectivity index (χ0) is 66.7. The lowest BCUT2D eigenvalue weighted by Gasteiger charge is -2.61. The molecule has 0 bridgehead atoms. The van der Waals surface area contributed by atoms with Crippen LogP contribution >= 0.6 is 0 Å². The molecule has 91 heavy (non-hydrogen) atoms. The first-order valence-corrected chi connectivity index (χ1v) is 32.3. The molecule has 0 radical (unpaired) electrons. The Morgan fingerprint density at radius 3 is 1.71 bits per heavy atom. The largest absolute Gasteiger partial charge is 0.394 e. The van der Waals surface area contributed by atoms with Crippen LogP contribution in [0.1, 0.15) is 127 Å². The number of aliphatic hydroxyl groups is 14. The summed E-state index contributed by atoms with van der Waals surface area (Å²) in [6.45, 7) is 13.1. The molecular formula is C62H102N2O27. The van der Waals surface area contributed by atoms with Crippen molar-refractivity contribution in [2.45, 2.75) is 286 Å². The molecule has 4 aliphatic carbocycles. The minimum atomic E-state index is -1.99. The van der Waals surface area contributed by atoms with Crippen LogP contribution in [0.25, 0.3) is 0 Å². The highest BCUT2D eigenvalue weighted by atomic mass is 16.8. The molecule has 7 fully saturated rings. The Morgan fingerprint density at radius 2 is 1.12 bits per heavy atom. The van der Waals surface area contributed by atoms with Gasteiger partial charge in [0.15, 0.2) is 31.5 Å². The van der Waals surface area contributed by atoms with Crippen molar-refractivity contribution in [1.29, 1.82) is 0 Å². The van der Waals surface area contributed by atoms with E-state index in [2.05, 4.69) is 45.3 Å². The van der Waals surface area contributed by atoms with Crippen LogP contribution in [0.3, 0.4) is 0 Å². The molecule has 0 spiro atoms. The number of rotatable bonds is 21. The Kier molecular flexibility index (Phi) is 23.0. The Hall–Kier alpha value is -2.61. The summed E-state index contributed by atoms with van der Waals surface area (Å²) in [5.74, 6) is -0.322. The van der Waals surface area contributed by atoms with Crippen LogP contribution in [0.4, 0.5) is 0 Å². The zero-order valence-corrected chi connectivity index (χ0v) is 53.4. The molecule has 16 N–H and O–H groups in total. The van der Waals surface area contributed by atoms with Gasteiger partial charge in [-0.1, -0.05) is 45.8 Å². The van der Waals surface area contributed by atoms with E-state index in [0.717, 1.165) is 58.8 Å². The summed E-state index contributed by atoms with van der Waals surface area (Å²) in [7, 11) is 0. The third-order valence-electron chi connectivity index (χ3n) is 21.8. The first-order chi connectivity index (χ1) is 42.7. The molecule has 29 nitrogen and oxygen atoms in total. The number of Topliss-reactive ketones (excluding diaryl/α,β-unsaturated/α-hetero) is 1. The maximum atomic E-state index is 13.1. The smallest absolute Gasteiger partial charge is 0.217 e. The van der Waals surface area contributed by atoms with Gasteiger partial charge in [-0.3, -0.25) is 14.4 Å². The van der Waals surface area contributed by atoms with Gasteiger partial charge in [0.05, 0.1) is 44.7 Å². The van der Waals surface area contributed by atoms with Gasteiger partial charge in [0.2, 0.25) is 11.8 Å². The van der Waals surface area contributed by atoms with E-state index in [-0.39, 0.29) is 34.9 Å². The maximum absolute atomic E-state index is 13.1. The predicted octanol–water partition coefficient (Wildman–Crippen LogP) is -3.49. The van der Waals surface area contributed by atoms with Crippen molar-refractivity contribution in [2.24, 2.45) is 39.9 Å². The van der Waals surface area contributed by atoms with E-state index in [1.807, 2.05) is 0 Å². The average molecular weight is 1310 g/mol. The average Bonchev–Trinajstić information content (AvgIpc) is 1.70. The molecule has 5 heterocycles. The molecule has 29 heteroatoms. The summed E-state index contributed by atoms with van der Waals surface area (Å²) in [6, 6.07) is -3.07. The highest BCUT2D eigenvalue weighted by molar-refractivity contribution is 5.79. The molecule has 9 aliphatic rings. The molecular weight excluding hydrogens is 1200 g/mol. The van der Waals surface area contributed by atoms with Gasteiger partial charge in [-0.15, -0.1) is 0 Å². The number of ketones is 1. The summed E-state index contributed by atoms with van der Waals surface area (Å²) in [4.78, 5) is 38.6. The first kappa shape index (κ1) is 72.7. The van der Waals surface area contributed by atoms with Crippen molar-refractivity contribution < 1.29 is 133 Å². The monoisotopic (exact) mass is 1310 g/mol. The fourth-order valence-electron chi connectivity index (χ4n) is 17.2. The summed E-state index contributed by atoms with van der Waals surface area (Å²) in [5.41, 5.74) is 1.18. The predicted molar refractivity (Wildman–Crippen MR) is 310 cm³/mol. The van der Waals surface area contributed by atoms with E-state index < -0.39 is 209 Å². The number of ether oxygens (including phenoxy) is 10. The van der Waals surface area contributed by atoms with Gasteiger partial charge in [0, 0.05) is 26.7 Å². The number of fused-ring (bicyclic) bond motifs is 4.